The maximum absolute atomic E-state index is 12.8. The molecule has 0 aromatic carbocycles. The number of hydrogen-bond donors (Lipinski definition) is 1. The van der Waals surface area contributed by atoms with Gasteiger partial charge in [0.25, 0.3) is 0 Å². The molecule has 1 atom stereocenters. The van der Waals surface area contributed by atoms with Crippen molar-refractivity contribution in [3.8, 4) is 0 Å². The van der Waals surface area contributed by atoms with Crippen LogP contribution in [0.5, 0.6) is 0 Å². The third-order valence-corrected chi connectivity index (χ3v) is 3.31. The Morgan fingerprint density at radius 1 is 1.32 bits per heavy atom. The number of hydrogen-bond acceptors (Lipinski definition) is 6. The molecule has 0 bridgehead atoms. The van der Waals surface area contributed by atoms with Crippen LogP contribution < -0.4 is 0 Å². The minimum Gasteiger partial charge on any atom is -0.458 e. The molecule has 0 radical (unpaired) electrons. The van der Waals surface area contributed by atoms with E-state index in [9.17, 15) is 18.4 Å². The molecule has 22 heavy (non-hydrogen) atoms. The molecule has 0 aromatic heterocycles. The van der Waals surface area contributed by atoms with Gasteiger partial charge in [0, 0.05) is 13.0 Å². The van der Waals surface area contributed by atoms with Gasteiger partial charge in [-0.3, -0.25) is 0 Å². The molecule has 0 amide bonds. The summed E-state index contributed by atoms with van der Waals surface area (Å²) >= 11 is 3.01. The normalized spacial score (nSPS) is 19.1. The Kier molecular flexibility index (Phi) is 6.80. The molecule has 0 spiro atoms. The molecule has 1 saturated carbocycles. The van der Waals surface area contributed by atoms with Crippen molar-refractivity contribution >= 4 is 24.6 Å². The fourth-order valence-corrected chi connectivity index (χ4v) is 2.09. The summed E-state index contributed by atoms with van der Waals surface area (Å²) in [5, 5.41) is -3.48. The lowest BCUT2D eigenvalue weighted by Crippen LogP contribution is -2.47. The van der Waals surface area contributed by atoms with Crippen molar-refractivity contribution in [2.75, 3.05) is 6.61 Å². The predicted octanol–water partition coefficient (Wildman–Crippen LogP) is 2.85. The number of alkyl halides is 2. The number of thiol groups is 1. The Balaban J connectivity index is 2.75. The number of ether oxygens (including phenoxy) is 3. The van der Waals surface area contributed by atoms with Gasteiger partial charge in [-0.05, 0) is 25.7 Å². The van der Waals surface area contributed by atoms with E-state index in [-0.39, 0.29) is 6.10 Å². The first-order valence-electron chi connectivity index (χ1n) is 6.97. The molecule has 0 aliphatic heterocycles. The van der Waals surface area contributed by atoms with Crippen LogP contribution in [0.2, 0.25) is 0 Å². The Hall–Kier alpha value is -1.15. The average Bonchev–Trinajstić information content (AvgIpc) is 2.45. The summed E-state index contributed by atoms with van der Waals surface area (Å²) < 4.78 is 40.4. The molecule has 1 aliphatic carbocycles. The first-order chi connectivity index (χ1) is 10.2. The standard InChI is InChI=1S/C14H20F2O5S/c1-3-11(17)21-13(2,19-9-14(15,16)22)12(18)20-10-7-5-4-6-8-10/h3,10,22H,1,4-9H2,2H3. The van der Waals surface area contributed by atoms with Gasteiger partial charge in [0.15, 0.2) is 0 Å². The third kappa shape index (κ3) is 6.31. The van der Waals surface area contributed by atoms with Crippen LogP contribution in [0.1, 0.15) is 39.0 Å². The van der Waals surface area contributed by atoms with Crippen molar-refractivity contribution in [3.63, 3.8) is 0 Å². The summed E-state index contributed by atoms with van der Waals surface area (Å²) in [7, 11) is 0. The maximum atomic E-state index is 12.8. The number of halogens is 2. The van der Waals surface area contributed by atoms with Crippen molar-refractivity contribution in [2.24, 2.45) is 0 Å². The predicted molar refractivity (Wildman–Crippen MR) is 77.5 cm³/mol. The number of rotatable bonds is 7. The quantitative estimate of drug-likeness (QED) is 0.335. The topological polar surface area (TPSA) is 61.8 Å². The minimum absolute atomic E-state index is 0.330. The fraction of sp³-hybridized carbons (Fsp3) is 0.714. The highest BCUT2D eigenvalue weighted by Crippen LogP contribution is 2.26. The van der Waals surface area contributed by atoms with Gasteiger partial charge in [-0.2, -0.15) is 8.78 Å². The summed E-state index contributed by atoms with van der Waals surface area (Å²) in [4.78, 5) is 23.5. The van der Waals surface area contributed by atoms with Gasteiger partial charge in [-0.25, -0.2) is 9.59 Å². The van der Waals surface area contributed by atoms with E-state index in [1.54, 1.807) is 0 Å². The molecule has 0 aromatic rings. The van der Waals surface area contributed by atoms with E-state index >= 15 is 0 Å². The van der Waals surface area contributed by atoms with Gasteiger partial charge < -0.3 is 14.2 Å². The monoisotopic (exact) mass is 338 g/mol. The number of esters is 2. The van der Waals surface area contributed by atoms with Crippen LogP contribution in [-0.2, 0) is 23.8 Å². The molecule has 1 aliphatic rings. The number of carbonyl (C=O) groups excluding carboxylic acids is 2. The summed E-state index contributed by atoms with van der Waals surface area (Å²) in [5.41, 5.74) is 0. The van der Waals surface area contributed by atoms with Crippen LogP contribution >= 0.6 is 12.6 Å². The Labute approximate surface area is 133 Å². The summed E-state index contributed by atoms with van der Waals surface area (Å²) in [6.07, 6.45) is 4.71. The van der Waals surface area contributed by atoms with Crippen molar-refractivity contribution in [1.82, 2.24) is 0 Å². The lowest BCUT2D eigenvalue weighted by Gasteiger charge is -2.30. The van der Waals surface area contributed by atoms with E-state index in [4.69, 9.17) is 14.2 Å². The zero-order chi connectivity index (χ0) is 16.8. The van der Waals surface area contributed by atoms with Crippen LogP contribution in [-0.4, -0.2) is 35.7 Å². The van der Waals surface area contributed by atoms with Crippen LogP contribution in [0.4, 0.5) is 8.78 Å². The van der Waals surface area contributed by atoms with E-state index in [1.807, 2.05) is 0 Å². The lowest BCUT2D eigenvalue weighted by atomic mass is 9.98. The second-order valence-electron chi connectivity index (χ2n) is 5.19. The Bertz CT molecular complexity index is 418. The maximum Gasteiger partial charge on any atom is 0.379 e. The SMILES string of the molecule is C=CC(=O)OC(C)(OCC(F)(F)S)C(=O)OC1CCCCC1. The molecule has 1 unspecified atom stereocenters. The minimum atomic E-state index is -3.48. The summed E-state index contributed by atoms with van der Waals surface area (Å²) in [6, 6.07) is 0. The highest BCUT2D eigenvalue weighted by molar-refractivity contribution is 7.81. The fourth-order valence-electron chi connectivity index (χ4n) is 2.03. The van der Waals surface area contributed by atoms with Crippen molar-refractivity contribution in [2.45, 2.75) is 56.2 Å². The van der Waals surface area contributed by atoms with Gasteiger partial charge in [-0.1, -0.05) is 13.0 Å². The van der Waals surface area contributed by atoms with Crippen LogP contribution in [0.3, 0.4) is 0 Å². The molecule has 0 heterocycles. The lowest BCUT2D eigenvalue weighted by molar-refractivity contribution is -0.246. The van der Waals surface area contributed by atoms with Gasteiger partial charge in [0.2, 0.25) is 0 Å². The smallest absolute Gasteiger partial charge is 0.379 e. The van der Waals surface area contributed by atoms with Crippen LogP contribution in [0.25, 0.3) is 0 Å². The second-order valence-corrected chi connectivity index (χ2v) is 5.85. The summed E-state index contributed by atoms with van der Waals surface area (Å²) in [6.45, 7) is 3.03. The van der Waals surface area contributed by atoms with E-state index in [0.29, 0.717) is 12.8 Å². The van der Waals surface area contributed by atoms with Gasteiger partial charge in [0.05, 0.1) is 0 Å². The largest absolute Gasteiger partial charge is 0.458 e. The molecule has 0 saturated heterocycles. The van der Waals surface area contributed by atoms with Crippen LogP contribution in [0.15, 0.2) is 12.7 Å². The molecule has 1 rings (SSSR count). The average molecular weight is 338 g/mol. The molecule has 0 N–H and O–H groups in total. The Morgan fingerprint density at radius 3 is 2.41 bits per heavy atom. The zero-order valence-corrected chi connectivity index (χ0v) is 13.2. The van der Waals surface area contributed by atoms with E-state index < -0.39 is 29.6 Å². The Morgan fingerprint density at radius 2 is 1.91 bits per heavy atom. The molecule has 5 nitrogen and oxygen atoms in total. The van der Waals surface area contributed by atoms with E-state index in [2.05, 4.69) is 19.2 Å². The zero-order valence-electron chi connectivity index (χ0n) is 12.3. The second kappa shape index (κ2) is 7.92. The van der Waals surface area contributed by atoms with Crippen molar-refractivity contribution in [1.29, 1.82) is 0 Å². The molecule has 126 valence electrons. The molecular weight excluding hydrogens is 318 g/mol. The number of carbonyl (C=O) groups is 2. The van der Waals surface area contributed by atoms with Crippen LogP contribution in [0, 0.1) is 0 Å². The van der Waals surface area contributed by atoms with Crippen molar-refractivity contribution < 1.29 is 32.6 Å². The first-order valence-corrected chi connectivity index (χ1v) is 7.41. The van der Waals surface area contributed by atoms with E-state index in [0.717, 1.165) is 32.3 Å². The molecular formula is C14H20F2O5S. The third-order valence-electron chi connectivity index (χ3n) is 3.18. The van der Waals surface area contributed by atoms with Gasteiger partial charge in [0.1, 0.15) is 12.7 Å². The van der Waals surface area contributed by atoms with Gasteiger partial charge >= 0.3 is 23.0 Å². The van der Waals surface area contributed by atoms with E-state index in [1.165, 1.54) is 0 Å². The van der Waals surface area contributed by atoms with Gasteiger partial charge in [-0.15, -0.1) is 12.6 Å². The van der Waals surface area contributed by atoms with Crippen molar-refractivity contribution in [3.05, 3.63) is 12.7 Å². The highest BCUT2D eigenvalue weighted by atomic mass is 32.1. The molecule has 8 heteroatoms. The first kappa shape index (κ1) is 18.9. The summed E-state index contributed by atoms with van der Waals surface area (Å²) in [5.74, 6) is -4.27. The molecule has 1 fully saturated rings. The highest BCUT2D eigenvalue weighted by Gasteiger charge is 2.44.